The van der Waals surface area contributed by atoms with Gasteiger partial charge in [0.25, 0.3) is 0 Å². The molecule has 0 aliphatic carbocycles. The van der Waals surface area contributed by atoms with Gasteiger partial charge in [-0.2, -0.15) is 0 Å². The van der Waals surface area contributed by atoms with Gasteiger partial charge in [0.1, 0.15) is 11.5 Å². The normalized spacial score (nSPS) is 11.6. The van der Waals surface area contributed by atoms with Gasteiger partial charge in [-0.3, -0.25) is 0 Å². The van der Waals surface area contributed by atoms with Gasteiger partial charge in [-0.1, -0.05) is 12.2 Å². The van der Waals surface area contributed by atoms with Gasteiger partial charge in [0, 0.05) is 12.8 Å². The van der Waals surface area contributed by atoms with Gasteiger partial charge in [-0.05, 0) is 24.3 Å². The molecule has 32 heavy (non-hydrogen) atoms. The summed E-state index contributed by atoms with van der Waals surface area (Å²) >= 11 is 0. The lowest BCUT2D eigenvalue weighted by Crippen LogP contribution is -2.08. The van der Waals surface area contributed by atoms with E-state index in [0.29, 0.717) is 0 Å². The third-order valence-corrected chi connectivity index (χ3v) is 5.00. The Labute approximate surface area is 177 Å². The first-order valence-corrected chi connectivity index (χ1v) is 9.24. The van der Waals surface area contributed by atoms with E-state index < -0.39 is 45.7 Å². The molecular weight excluding hydrogens is 424 g/mol. The van der Waals surface area contributed by atoms with E-state index in [1.807, 2.05) is 0 Å². The van der Waals surface area contributed by atoms with E-state index >= 15 is 0 Å². The SMILES string of the molecule is O=c1oc2c(O)c(O)ccc2c(O)c1C/C=C\Cc1c(O)c2ccc(O)c(O)c2oc1=O. The molecule has 0 fully saturated rings. The Hall–Kier alpha value is -4.60. The van der Waals surface area contributed by atoms with Gasteiger partial charge in [0.05, 0.1) is 21.9 Å². The van der Waals surface area contributed by atoms with Gasteiger partial charge in [-0.15, -0.1) is 0 Å². The fourth-order valence-electron chi connectivity index (χ4n) is 3.29. The zero-order valence-corrected chi connectivity index (χ0v) is 16.2. The lowest BCUT2D eigenvalue weighted by Gasteiger charge is -2.07. The minimum absolute atomic E-state index is 0.0270. The van der Waals surface area contributed by atoms with Crippen LogP contribution in [0.1, 0.15) is 11.1 Å². The topological polar surface area (TPSA) is 182 Å². The van der Waals surface area contributed by atoms with E-state index in [2.05, 4.69) is 0 Å². The Morgan fingerprint density at radius 2 is 0.969 bits per heavy atom. The molecule has 0 amide bonds. The molecule has 4 aromatic rings. The highest BCUT2D eigenvalue weighted by atomic mass is 16.4. The number of rotatable bonds is 4. The highest BCUT2D eigenvalue weighted by Crippen LogP contribution is 2.38. The fourth-order valence-corrected chi connectivity index (χ4v) is 3.29. The summed E-state index contributed by atoms with van der Waals surface area (Å²) in [5.74, 6) is -3.22. The van der Waals surface area contributed by atoms with Crippen LogP contribution < -0.4 is 11.3 Å². The first-order chi connectivity index (χ1) is 15.2. The number of hydrogen-bond donors (Lipinski definition) is 6. The van der Waals surface area contributed by atoms with Gasteiger partial charge in [-0.25, -0.2) is 9.59 Å². The van der Waals surface area contributed by atoms with Crippen molar-refractivity contribution in [2.24, 2.45) is 0 Å². The average molecular weight is 440 g/mol. The molecule has 164 valence electrons. The van der Waals surface area contributed by atoms with Gasteiger partial charge >= 0.3 is 11.3 Å². The van der Waals surface area contributed by atoms with Crippen molar-refractivity contribution in [1.29, 1.82) is 0 Å². The molecule has 2 aromatic heterocycles. The maximum absolute atomic E-state index is 12.2. The highest BCUT2D eigenvalue weighted by molar-refractivity contribution is 5.91. The Bertz CT molecular complexity index is 1410. The minimum Gasteiger partial charge on any atom is -0.507 e. The van der Waals surface area contributed by atoms with Crippen molar-refractivity contribution in [3.8, 4) is 34.5 Å². The molecule has 0 aliphatic rings. The summed E-state index contributed by atoms with van der Waals surface area (Å²) in [5, 5.41) is 59.4. The van der Waals surface area contributed by atoms with Crippen molar-refractivity contribution >= 4 is 21.9 Å². The van der Waals surface area contributed by atoms with Crippen LogP contribution in [0.3, 0.4) is 0 Å². The van der Waals surface area contributed by atoms with Crippen molar-refractivity contribution in [3.05, 3.63) is 68.4 Å². The van der Waals surface area contributed by atoms with Crippen LogP contribution in [0.5, 0.6) is 34.5 Å². The maximum Gasteiger partial charge on any atom is 0.343 e. The van der Waals surface area contributed by atoms with Gasteiger partial charge in [0.15, 0.2) is 22.7 Å². The summed E-state index contributed by atoms with van der Waals surface area (Å²) < 4.78 is 10.00. The molecular formula is C22H16O10. The van der Waals surface area contributed by atoms with E-state index in [0.717, 1.165) is 12.1 Å². The number of phenols is 4. The number of benzene rings is 2. The molecule has 2 aromatic carbocycles. The van der Waals surface area contributed by atoms with Crippen molar-refractivity contribution in [1.82, 2.24) is 0 Å². The summed E-state index contributed by atoms with van der Waals surface area (Å²) in [6, 6.07) is 4.83. The standard InChI is InChI=1S/C22H16O10/c23-13-7-5-9-15(25)11(21(29)31-19(9)17(13)27)3-1-2-4-12-16(26)10-6-8-14(24)18(28)20(10)32-22(12)30/h1-2,5-8,23-28H,3-4H2/b2-1-. The molecule has 0 bridgehead atoms. The Balaban J connectivity index is 1.64. The molecule has 0 aliphatic heterocycles. The third-order valence-electron chi connectivity index (χ3n) is 5.00. The highest BCUT2D eigenvalue weighted by Gasteiger charge is 2.19. The molecule has 6 N–H and O–H groups in total. The zero-order chi connectivity index (χ0) is 23.2. The molecule has 0 saturated heterocycles. The largest absolute Gasteiger partial charge is 0.507 e. The molecule has 0 radical (unpaired) electrons. The molecule has 4 rings (SSSR count). The second kappa shape index (κ2) is 7.58. The quantitative estimate of drug-likeness (QED) is 0.157. The van der Waals surface area contributed by atoms with Crippen LogP contribution in [0, 0.1) is 0 Å². The van der Waals surface area contributed by atoms with Crippen LogP contribution in [0.2, 0.25) is 0 Å². The second-order valence-corrected chi connectivity index (χ2v) is 6.93. The van der Waals surface area contributed by atoms with E-state index in [1.165, 1.54) is 24.3 Å². The van der Waals surface area contributed by atoms with Crippen LogP contribution in [0.15, 0.2) is 54.8 Å². The lowest BCUT2D eigenvalue weighted by atomic mass is 10.1. The Morgan fingerprint density at radius 3 is 1.34 bits per heavy atom. The van der Waals surface area contributed by atoms with Crippen molar-refractivity contribution in [3.63, 3.8) is 0 Å². The predicted octanol–water partition coefficient (Wildman–Crippen LogP) is 2.47. The molecule has 0 unspecified atom stereocenters. The van der Waals surface area contributed by atoms with Crippen LogP contribution in [-0.2, 0) is 12.8 Å². The second-order valence-electron chi connectivity index (χ2n) is 6.93. The van der Waals surface area contributed by atoms with E-state index in [4.69, 9.17) is 8.83 Å². The van der Waals surface area contributed by atoms with Gasteiger partial charge < -0.3 is 39.5 Å². The minimum atomic E-state index is -0.927. The molecule has 10 heteroatoms. The molecule has 0 saturated carbocycles. The van der Waals surface area contributed by atoms with Crippen molar-refractivity contribution in [2.45, 2.75) is 12.8 Å². The number of fused-ring (bicyclic) bond motifs is 2. The summed E-state index contributed by atoms with van der Waals surface area (Å²) in [6.07, 6.45) is 2.71. The maximum atomic E-state index is 12.2. The van der Waals surface area contributed by atoms with Crippen LogP contribution >= 0.6 is 0 Å². The van der Waals surface area contributed by atoms with E-state index in [1.54, 1.807) is 0 Å². The Kier molecular flexibility index (Phi) is 4.90. The molecule has 2 heterocycles. The number of phenolic OH excluding ortho intramolecular Hbond substituents is 4. The average Bonchev–Trinajstić information content (AvgIpc) is 2.75. The van der Waals surface area contributed by atoms with Crippen LogP contribution in [0.25, 0.3) is 21.9 Å². The van der Waals surface area contributed by atoms with Gasteiger partial charge in [0.2, 0.25) is 11.5 Å². The summed E-state index contributed by atoms with van der Waals surface area (Å²) in [5.41, 5.74) is -2.79. The van der Waals surface area contributed by atoms with Crippen LogP contribution in [-0.4, -0.2) is 30.6 Å². The first-order valence-electron chi connectivity index (χ1n) is 9.24. The third kappa shape index (κ3) is 3.23. The summed E-state index contributed by atoms with van der Waals surface area (Å²) in [4.78, 5) is 24.4. The lowest BCUT2D eigenvalue weighted by molar-refractivity contribution is 0.394. The number of aromatic hydroxyl groups is 6. The molecule has 0 atom stereocenters. The van der Waals surface area contributed by atoms with Crippen molar-refractivity contribution in [2.75, 3.05) is 0 Å². The van der Waals surface area contributed by atoms with Crippen LogP contribution in [0.4, 0.5) is 0 Å². The number of allylic oxidation sites excluding steroid dienone is 2. The molecule has 0 spiro atoms. The van der Waals surface area contributed by atoms with Crippen molar-refractivity contribution < 1.29 is 39.5 Å². The summed E-state index contributed by atoms with van der Waals surface area (Å²) in [6.45, 7) is 0. The monoisotopic (exact) mass is 440 g/mol. The van der Waals surface area contributed by atoms with E-state index in [9.17, 15) is 40.2 Å². The Morgan fingerprint density at radius 1 is 0.594 bits per heavy atom. The first kappa shape index (κ1) is 20.7. The molecule has 10 nitrogen and oxygen atoms in total. The number of hydrogen-bond acceptors (Lipinski definition) is 10. The predicted molar refractivity (Wildman–Crippen MR) is 112 cm³/mol. The smallest absolute Gasteiger partial charge is 0.343 e. The summed E-state index contributed by atoms with van der Waals surface area (Å²) in [7, 11) is 0. The fraction of sp³-hybridized carbons (Fsp3) is 0.0909. The van der Waals surface area contributed by atoms with E-state index in [-0.39, 0.29) is 45.9 Å². The zero-order valence-electron chi connectivity index (χ0n) is 16.2.